The van der Waals surface area contributed by atoms with E-state index in [1.165, 1.54) is 17.0 Å². The summed E-state index contributed by atoms with van der Waals surface area (Å²) in [5, 5.41) is 3.08. The van der Waals surface area contributed by atoms with Gasteiger partial charge in [0.1, 0.15) is 18.3 Å². The van der Waals surface area contributed by atoms with Crippen LogP contribution in [0.1, 0.15) is 43.7 Å². The molecular weight excluding hydrogens is 526 g/mol. The molecule has 1 unspecified atom stereocenters. The number of carbonyl (C=O) groups is 2. The Balaban J connectivity index is 1.66. The molecule has 0 heterocycles. The van der Waals surface area contributed by atoms with Crippen LogP contribution >= 0.6 is 0 Å². The molecular formula is C31H37N3O5S. The first-order valence-electron chi connectivity index (χ1n) is 13.6. The number of nitrogens with zero attached hydrogens (tertiary/aromatic N) is 2. The molecule has 3 aromatic rings. The second-order valence-corrected chi connectivity index (χ2v) is 12.1. The molecule has 1 N–H and O–H groups in total. The van der Waals surface area contributed by atoms with E-state index in [1.807, 2.05) is 19.1 Å². The fourth-order valence-corrected chi connectivity index (χ4v) is 6.28. The molecule has 0 radical (unpaired) electrons. The number of ether oxygens (including phenoxy) is 1. The zero-order chi connectivity index (χ0) is 28.7. The maximum absolute atomic E-state index is 14.0. The van der Waals surface area contributed by atoms with E-state index >= 15 is 0 Å². The van der Waals surface area contributed by atoms with Gasteiger partial charge < -0.3 is 15.0 Å². The number of methoxy groups -OCH3 is 1. The molecule has 8 nitrogen and oxygen atoms in total. The van der Waals surface area contributed by atoms with Gasteiger partial charge in [-0.05, 0) is 68.7 Å². The predicted octanol–water partition coefficient (Wildman–Crippen LogP) is 4.68. The van der Waals surface area contributed by atoms with Crippen molar-refractivity contribution in [3.05, 3.63) is 90.0 Å². The molecule has 1 aliphatic rings. The molecule has 9 heteroatoms. The number of carbonyl (C=O) groups excluding carboxylic acids is 2. The second kappa shape index (κ2) is 13.0. The first-order valence-corrected chi connectivity index (χ1v) is 15.0. The van der Waals surface area contributed by atoms with Crippen LogP contribution in [-0.2, 0) is 26.2 Å². The van der Waals surface area contributed by atoms with E-state index in [-0.39, 0.29) is 23.4 Å². The average molecular weight is 564 g/mol. The minimum absolute atomic E-state index is 0.0866. The zero-order valence-corrected chi connectivity index (χ0v) is 24.1. The smallest absolute Gasteiger partial charge is 0.264 e. The predicted molar refractivity (Wildman–Crippen MR) is 156 cm³/mol. The summed E-state index contributed by atoms with van der Waals surface area (Å²) in [4.78, 5) is 28.8. The molecule has 1 aliphatic carbocycles. The lowest BCUT2D eigenvalue weighted by atomic mass is 10.1. The fourth-order valence-electron chi connectivity index (χ4n) is 4.86. The number of anilines is 1. The van der Waals surface area contributed by atoms with E-state index in [9.17, 15) is 18.0 Å². The molecule has 0 aliphatic heterocycles. The summed E-state index contributed by atoms with van der Waals surface area (Å²) in [6, 6.07) is 21.6. The van der Waals surface area contributed by atoms with E-state index in [1.54, 1.807) is 68.6 Å². The average Bonchev–Trinajstić information content (AvgIpc) is 3.48. The minimum Gasteiger partial charge on any atom is -0.497 e. The molecule has 1 fully saturated rings. The summed E-state index contributed by atoms with van der Waals surface area (Å²) < 4.78 is 34.0. The van der Waals surface area contributed by atoms with Gasteiger partial charge >= 0.3 is 0 Å². The number of rotatable bonds is 11. The van der Waals surface area contributed by atoms with Gasteiger partial charge in [-0.3, -0.25) is 13.9 Å². The molecule has 4 rings (SSSR count). The third-order valence-corrected chi connectivity index (χ3v) is 9.10. The van der Waals surface area contributed by atoms with Gasteiger partial charge in [0.2, 0.25) is 11.8 Å². The van der Waals surface area contributed by atoms with Crippen LogP contribution in [-0.4, -0.2) is 50.9 Å². The van der Waals surface area contributed by atoms with Crippen molar-refractivity contribution in [1.29, 1.82) is 0 Å². The number of hydrogen-bond acceptors (Lipinski definition) is 5. The van der Waals surface area contributed by atoms with Gasteiger partial charge in [0.15, 0.2) is 0 Å². The third kappa shape index (κ3) is 7.01. The van der Waals surface area contributed by atoms with Crippen molar-refractivity contribution in [1.82, 2.24) is 10.2 Å². The van der Waals surface area contributed by atoms with Crippen LogP contribution in [0.4, 0.5) is 5.69 Å². The van der Waals surface area contributed by atoms with Gasteiger partial charge in [-0.1, -0.05) is 60.9 Å². The van der Waals surface area contributed by atoms with E-state index < -0.39 is 28.5 Å². The highest BCUT2D eigenvalue weighted by Gasteiger charge is 2.33. The van der Waals surface area contributed by atoms with E-state index in [2.05, 4.69) is 5.32 Å². The Morgan fingerprint density at radius 2 is 1.57 bits per heavy atom. The molecule has 0 aromatic heterocycles. The van der Waals surface area contributed by atoms with Crippen molar-refractivity contribution in [3.63, 3.8) is 0 Å². The maximum Gasteiger partial charge on any atom is 0.264 e. The van der Waals surface area contributed by atoms with Gasteiger partial charge in [0, 0.05) is 12.6 Å². The van der Waals surface area contributed by atoms with Crippen LogP contribution in [0.3, 0.4) is 0 Å². The quantitative estimate of drug-likeness (QED) is 0.366. The largest absolute Gasteiger partial charge is 0.497 e. The van der Waals surface area contributed by atoms with Gasteiger partial charge in [-0.25, -0.2) is 8.42 Å². The maximum atomic E-state index is 14.0. The van der Waals surface area contributed by atoms with E-state index in [4.69, 9.17) is 4.74 Å². The Labute approximate surface area is 237 Å². The Hall–Kier alpha value is -3.85. The van der Waals surface area contributed by atoms with Crippen LogP contribution in [0.25, 0.3) is 0 Å². The summed E-state index contributed by atoms with van der Waals surface area (Å²) in [5.41, 5.74) is 2.08. The van der Waals surface area contributed by atoms with Crippen molar-refractivity contribution in [3.8, 4) is 5.75 Å². The first kappa shape index (κ1) is 29.1. The standard InChI is InChI=1S/C31H37N3O5S/c1-23-13-19-29(20-14-23)40(37,38)34(27-11-5-4-6-12-27)22-30(35)33(21-25-15-17-28(39-3)18-16-25)24(2)31(36)32-26-9-7-8-10-26/h4-6,11-20,24,26H,7-10,21-22H2,1-3H3,(H,32,36). The molecule has 3 aromatic carbocycles. The number of nitrogens with one attached hydrogen (secondary N) is 1. The monoisotopic (exact) mass is 563 g/mol. The molecule has 1 saturated carbocycles. The molecule has 0 saturated heterocycles. The third-order valence-electron chi connectivity index (χ3n) is 7.31. The van der Waals surface area contributed by atoms with Crippen LogP contribution < -0.4 is 14.4 Å². The van der Waals surface area contributed by atoms with Gasteiger partial charge in [0.05, 0.1) is 17.7 Å². The zero-order valence-electron chi connectivity index (χ0n) is 23.2. The molecule has 40 heavy (non-hydrogen) atoms. The summed E-state index contributed by atoms with van der Waals surface area (Å²) in [6.45, 7) is 3.24. The number of amides is 2. The van der Waals surface area contributed by atoms with E-state index in [0.717, 1.165) is 41.1 Å². The van der Waals surface area contributed by atoms with E-state index in [0.29, 0.717) is 11.4 Å². The number of benzene rings is 3. The summed E-state index contributed by atoms with van der Waals surface area (Å²) in [7, 11) is -2.50. The van der Waals surface area contributed by atoms with Crippen LogP contribution in [0, 0.1) is 6.92 Å². The van der Waals surface area contributed by atoms with Gasteiger partial charge in [0.25, 0.3) is 10.0 Å². The Bertz CT molecular complexity index is 1390. The minimum atomic E-state index is -4.08. The lowest BCUT2D eigenvalue weighted by Gasteiger charge is -2.32. The lowest BCUT2D eigenvalue weighted by Crippen LogP contribution is -2.52. The fraction of sp³-hybridized carbons (Fsp3) is 0.355. The van der Waals surface area contributed by atoms with Crippen LogP contribution in [0.5, 0.6) is 5.75 Å². The second-order valence-electron chi connectivity index (χ2n) is 10.2. The highest BCUT2D eigenvalue weighted by Crippen LogP contribution is 2.25. The van der Waals surface area contributed by atoms with Gasteiger partial charge in [-0.15, -0.1) is 0 Å². The Morgan fingerprint density at radius 1 is 0.950 bits per heavy atom. The number of sulfonamides is 1. The molecule has 0 bridgehead atoms. The van der Waals surface area contributed by atoms with Gasteiger partial charge in [-0.2, -0.15) is 0 Å². The molecule has 212 valence electrons. The summed E-state index contributed by atoms with van der Waals surface area (Å²) >= 11 is 0. The Kier molecular flexibility index (Phi) is 9.47. The van der Waals surface area contributed by atoms with Crippen molar-refractivity contribution in [2.24, 2.45) is 0 Å². The Morgan fingerprint density at radius 3 is 2.17 bits per heavy atom. The number of aryl methyl sites for hydroxylation is 1. The normalized spacial score (nSPS) is 14.4. The SMILES string of the molecule is COc1ccc(CN(C(=O)CN(c2ccccc2)S(=O)(=O)c2ccc(C)cc2)C(C)C(=O)NC2CCCC2)cc1. The van der Waals surface area contributed by atoms with Crippen LogP contribution in [0.2, 0.25) is 0 Å². The van der Waals surface area contributed by atoms with Crippen molar-refractivity contribution < 1.29 is 22.7 Å². The van der Waals surface area contributed by atoms with Crippen molar-refractivity contribution >= 4 is 27.5 Å². The topological polar surface area (TPSA) is 96.0 Å². The first-order chi connectivity index (χ1) is 19.2. The number of hydrogen-bond donors (Lipinski definition) is 1. The highest BCUT2D eigenvalue weighted by atomic mass is 32.2. The highest BCUT2D eigenvalue weighted by molar-refractivity contribution is 7.92. The molecule has 1 atom stereocenters. The molecule has 0 spiro atoms. The molecule has 2 amide bonds. The van der Waals surface area contributed by atoms with Crippen molar-refractivity contribution in [2.45, 2.75) is 63.1 Å². The lowest BCUT2D eigenvalue weighted by molar-refractivity contribution is -0.139. The van der Waals surface area contributed by atoms with Crippen LogP contribution in [0.15, 0.2) is 83.8 Å². The van der Waals surface area contributed by atoms with Crippen molar-refractivity contribution in [2.75, 3.05) is 18.0 Å². The summed E-state index contributed by atoms with van der Waals surface area (Å²) in [5.74, 6) is -0.0565. The summed E-state index contributed by atoms with van der Waals surface area (Å²) in [6.07, 6.45) is 3.97. The number of para-hydroxylation sites is 1.